The van der Waals surface area contributed by atoms with E-state index in [1.165, 1.54) is 0 Å². The van der Waals surface area contributed by atoms with E-state index in [0.29, 0.717) is 6.42 Å². The first-order valence-electron chi connectivity index (χ1n) is 16.8. The maximum Gasteiger partial charge on any atom is 0.326 e. The summed E-state index contributed by atoms with van der Waals surface area (Å²) in [5.74, 6) is -5.27. The summed E-state index contributed by atoms with van der Waals surface area (Å²) in [5, 5.41) is 20.0. The molecule has 0 aromatic heterocycles. The molecule has 0 heterocycles. The average Bonchev–Trinajstić information content (AvgIpc) is 3.04. The standard InChI is InChI=1S/C29H59N17O6/c1-15(2)20(46-23(49)18(9-5-13-41-28(35)36)43-21(47)16(30)7-3-11-39-26(31)32)24(50)44-17(8-4-12-40-27(33)34)22(48)45-19(25(51)52)10-6-14-42-29(37)38/h15-20H,3-14,30H2,1-2H3,(H,43,47)(H,44,50)(H,45,48)(H,46,49)(H,51,52)(H4,31,32,39)(H4,33,34,40)(H4,35,36,41)(H4,37,38,42)/t16-,17-,18-,19-,20-/m0/s1. The minimum absolute atomic E-state index is 0.00653. The summed E-state index contributed by atoms with van der Waals surface area (Å²) >= 11 is 0. The Bertz CT molecular complexity index is 1270. The monoisotopic (exact) mass is 741 g/mol. The minimum atomic E-state index is -1.32. The van der Waals surface area contributed by atoms with Crippen LogP contribution in [0.2, 0.25) is 0 Å². The van der Waals surface area contributed by atoms with Crippen LogP contribution in [-0.4, -0.2) is 115 Å². The average molecular weight is 742 g/mol. The maximum atomic E-state index is 13.6. The molecule has 0 aliphatic heterocycles. The summed E-state index contributed by atoms with van der Waals surface area (Å²) < 4.78 is 0. The van der Waals surface area contributed by atoms with Crippen LogP contribution in [0.3, 0.4) is 0 Å². The van der Waals surface area contributed by atoms with E-state index in [1.807, 2.05) is 0 Å². The van der Waals surface area contributed by atoms with E-state index in [-0.39, 0.29) is 95.0 Å². The zero-order valence-electron chi connectivity index (χ0n) is 29.9. The number of aliphatic imine (C=N–C) groups is 4. The van der Waals surface area contributed by atoms with Crippen molar-refractivity contribution in [3.8, 4) is 0 Å². The fourth-order valence-corrected chi connectivity index (χ4v) is 4.56. The van der Waals surface area contributed by atoms with Crippen molar-refractivity contribution in [2.45, 2.75) is 95.4 Å². The Morgan fingerprint density at radius 3 is 1.19 bits per heavy atom. The third kappa shape index (κ3) is 21.5. The van der Waals surface area contributed by atoms with E-state index in [9.17, 15) is 29.1 Å². The third-order valence-electron chi connectivity index (χ3n) is 7.27. The molecule has 23 heteroatoms. The van der Waals surface area contributed by atoms with Crippen molar-refractivity contribution in [3.05, 3.63) is 0 Å². The van der Waals surface area contributed by atoms with Crippen molar-refractivity contribution in [1.82, 2.24) is 21.3 Å². The normalized spacial score (nSPS) is 13.5. The Hall–Kier alpha value is -5.61. The van der Waals surface area contributed by atoms with E-state index < -0.39 is 65.7 Å². The predicted molar refractivity (Wildman–Crippen MR) is 198 cm³/mol. The topological polar surface area (TPSA) is 437 Å². The minimum Gasteiger partial charge on any atom is -0.480 e. The first kappa shape index (κ1) is 46.4. The van der Waals surface area contributed by atoms with Crippen LogP contribution < -0.4 is 72.9 Å². The van der Waals surface area contributed by atoms with Gasteiger partial charge in [-0.25, -0.2) is 4.79 Å². The zero-order valence-corrected chi connectivity index (χ0v) is 29.9. The Balaban J connectivity index is 6.01. The summed E-state index contributed by atoms with van der Waals surface area (Å²) in [6, 6.07) is -5.90. The molecule has 52 heavy (non-hydrogen) atoms. The number of carboxylic acid groups (broad SMARTS) is 1. The van der Waals surface area contributed by atoms with Crippen LogP contribution in [0, 0.1) is 5.92 Å². The number of amides is 4. The van der Waals surface area contributed by atoms with E-state index in [2.05, 4.69) is 41.2 Å². The number of carbonyl (C=O) groups is 5. The smallest absolute Gasteiger partial charge is 0.326 e. The molecule has 296 valence electrons. The molecule has 0 unspecified atom stereocenters. The molecular formula is C29H59N17O6. The van der Waals surface area contributed by atoms with Gasteiger partial charge in [-0.3, -0.25) is 39.1 Å². The highest BCUT2D eigenvalue weighted by atomic mass is 16.4. The maximum absolute atomic E-state index is 13.6. The summed E-state index contributed by atoms with van der Waals surface area (Å²) in [4.78, 5) is 80.9. The van der Waals surface area contributed by atoms with Crippen molar-refractivity contribution in [2.75, 3.05) is 26.2 Å². The summed E-state index contributed by atoms with van der Waals surface area (Å²) in [6.45, 7) is 3.98. The van der Waals surface area contributed by atoms with Crippen molar-refractivity contribution >= 4 is 53.4 Å². The molecular weight excluding hydrogens is 682 g/mol. The molecule has 0 aromatic rings. The van der Waals surface area contributed by atoms with Gasteiger partial charge in [-0.05, 0) is 57.3 Å². The van der Waals surface area contributed by atoms with Crippen LogP contribution >= 0.6 is 0 Å². The van der Waals surface area contributed by atoms with Crippen molar-refractivity contribution in [3.63, 3.8) is 0 Å². The van der Waals surface area contributed by atoms with Gasteiger partial charge in [-0.2, -0.15) is 0 Å². The summed E-state index contributed by atoms with van der Waals surface area (Å²) in [6.07, 6.45) is 1.45. The summed E-state index contributed by atoms with van der Waals surface area (Å²) in [7, 11) is 0. The van der Waals surface area contributed by atoms with Gasteiger partial charge in [0.15, 0.2) is 23.8 Å². The van der Waals surface area contributed by atoms with Crippen LogP contribution in [0.25, 0.3) is 0 Å². The molecule has 0 spiro atoms. The van der Waals surface area contributed by atoms with Crippen LogP contribution in [0.4, 0.5) is 0 Å². The molecule has 23 nitrogen and oxygen atoms in total. The fourth-order valence-electron chi connectivity index (χ4n) is 4.56. The van der Waals surface area contributed by atoms with Gasteiger partial charge >= 0.3 is 5.97 Å². The highest BCUT2D eigenvalue weighted by Gasteiger charge is 2.33. The van der Waals surface area contributed by atoms with Crippen LogP contribution in [0.15, 0.2) is 20.0 Å². The second-order valence-corrected chi connectivity index (χ2v) is 12.2. The van der Waals surface area contributed by atoms with Crippen molar-refractivity contribution in [1.29, 1.82) is 0 Å². The number of carboxylic acids is 1. The number of guanidine groups is 4. The van der Waals surface area contributed by atoms with E-state index in [1.54, 1.807) is 13.8 Å². The van der Waals surface area contributed by atoms with Gasteiger partial charge in [-0.1, -0.05) is 13.8 Å². The highest BCUT2D eigenvalue weighted by Crippen LogP contribution is 2.09. The SMILES string of the molecule is CC(C)[C@H](NC(=O)[C@H](CCCN=C(N)N)NC(=O)[C@@H](N)CCCN=C(N)N)C(=O)N[C@@H](CCCN=C(N)N)C(=O)N[C@@H](CCCN=C(N)N)C(=O)O. The predicted octanol–water partition coefficient (Wildman–Crippen LogP) is -5.79. The molecule has 0 rings (SSSR count). The molecule has 0 aliphatic carbocycles. The van der Waals surface area contributed by atoms with Gasteiger partial charge in [0, 0.05) is 26.2 Å². The second-order valence-electron chi connectivity index (χ2n) is 12.2. The lowest BCUT2D eigenvalue weighted by Gasteiger charge is -2.28. The number of nitrogens with one attached hydrogen (secondary N) is 4. The first-order chi connectivity index (χ1) is 24.3. The van der Waals surface area contributed by atoms with Crippen LogP contribution in [0.5, 0.6) is 0 Å². The molecule has 0 saturated heterocycles. The van der Waals surface area contributed by atoms with Gasteiger partial charge in [0.1, 0.15) is 24.2 Å². The van der Waals surface area contributed by atoms with Crippen LogP contribution in [0.1, 0.15) is 65.2 Å². The van der Waals surface area contributed by atoms with Gasteiger partial charge in [-0.15, -0.1) is 0 Å². The van der Waals surface area contributed by atoms with Crippen LogP contribution in [-0.2, 0) is 24.0 Å². The highest BCUT2D eigenvalue weighted by molar-refractivity contribution is 5.95. The van der Waals surface area contributed by atoms with Gasteiger partial charge < -0.3 is 78.0 Å². The third-order valence-corrected chi connectivity index (χ3v) is 7.27. The summed E-state index contributed by atoms with van der Waals surface area (Å²) in [5.41, 5.74) is 48.9. The lowest BCUT2D eigenvalue weighted by Crippen LogP contribution is -2.59. The van der Waals surface area contributed by atoms with Crippen molar-refractivity contribution < 1.29 is 29.1 Å². The van der Waals surface area contributed by atoms with E-state index >= 15 is 0 Å². The molecule has 5 atom stereocenters. The first-order valence-corrected chi connectivity index (χ1v) is 16.8. The molecule has 0 fully saturated rings. The lowest BCUT2D eigenvalue weighted by atomic mass is 10.0. The fraction of sp³-hybridized carbons (Fsp3) is 0.690. The van der Waals surface area contributed by atoms with Gasteiger partial charge in [0.05, 0.1) is 6.04 Å². The lowest BCUT2D eigenvalue weighted by molar-refractivity contribution is -0.142. The number of nitrogens with zero attached hydrogens (tertiary/aromatic N) is 4. The Kier molecular flexibility index (Phi) is 22.6. The quantitative estimate of drug-likeness (QED) is 0.0223. The Morgan fingerprint density at radius 1 is 0.500 bits per heavy atom. The molecule has 0 radical (unpaired) electrons. The molecule has 23 N–H and O–H groups in total. The Morgan fingerprint density at radius 2 is 0.827 bits per heavy atom. The zero-order chi connectivity index (χ0) is 39.8. The van der Waals surface area contributed by atoms with E-state index in [4.69, 9.17) is 51.6 Å². The van der Waals surface area contributed by atoms with Crippen molar-refractivity contribution in [2.24, 2.45) is 77.5 Å². The largest absolute Gasteiger partial charge is 0.480 e. The number of hydrogen-bond donors (Lipinski definition) is 14. The number of aliphatic carboxylic acids is 1. The Labute approximate surface area is 302 Å². The van der Waals surface area contributed by atoms with Gasteiger partial charge in [0.25, 0.3) is 0 Å². The molecule has 0 aliphatic rings. The molecule has 0 aromatic carbocycles. The van der Waals surface area contributed by atoms with Gasteiger partial charge in [0.2, 0.25) is 23.6 Å². The number of carbonyl (C=O) groups excluding carboxylic acids is 4. The van der Waals surface area contributed by atoms with E-state index in [0.717, 1.165) is 0 Å². The number of rotatable bonds is 26. The second kappa shape index (κ2) is 25.4. The number of nitrogens with two attached hydrogens (primary N) is 9. The molecule has 0 saturated carbocycles. The molecule has 0 bridgehead atoms. The molecule has 4 amide bonds. The number of hydrogen-bond acceptors (Lipinski definition) is 10.